The summed E-state index contributed by atoms with van der Waals surface area (Å²) in [6, 6.07) is 4.56. The molecule has 0 atom stereocenters. The molecule has 1 aromatic rings. The molecular weight excluding hydrogens is 257 g/mol. The van der Waals surface area contributed by atoms with Crippen LogP contribution in [0.25, 0.3) is 0 Å². The third-order valence-electron chi connectivity index (χ3n) is 2.38. The number of hydrogen-bond donors (Lipinski definition) is 1. The van der Waals surface area contributed by atoms with Crippen LogP contribution >= 0.6 is 0 Å². The van der Waals surface area contributed by atoms with E-state index in [1.807, 2.05) is 0 Å². The Balaban J connectivity index is 3.14. The van der Waals surface area contributed by atoms with Crippen molar-refractivity contribution in [3.05, 3.63) is 29.3 Å². The summed E-state index contributed by atoms with van der Waals surface area (Å²) < 4.78 is 38.2. The zero-order valence-corrected chi connectivity index (χ0v) is 10.7. The fraction of sp³-hybridized carbons (Fsp3) is 0.385. The first kappa shape index (κ1) is 15.0. The quantitative estimate of drug-likeness (QED) is 0.848. The van der Waals surface area contributed by atoms with Crippen LogP contribution in [0.5, 0.6) is 0 Å². The van der Waals surface area contributed by atoms with Crippen molar-refractivity contribution in [3.63, 3.8) is 0 Å². The molecule has 0 aliphatic heterocycles. The summed E-state index contributed by atoms with van der Waals surface area (Å²) in [7, 11) is 0. The molecule has 6 heteroatoms. The van der Waals surface area contributed by atoms with Crippen molar-refractivity contribution >= 4 is 11.6 Å². The summed E-state index contributed by atoms with van der Waals surface area (Å²) in [5, 5.41) is 11.0. The van der Waals surface area contributed by atoms with Crippen LogP contribution in [0.3, 0.4) is 0 Å². The lowest BCUT2D eigenvalue weighted by molar-refractivity contribution is -0.137. The Morgan fingerprint density at radius 1 is 1.26 bits per heavy atom. The third-order valence-corrected chi connectivity index (χ3v) is 2.38. The fourth-order valence-corrected chi connectivity index (χ4v) is 1.27. The van der Waals surface area contributed by atoms with Gasteiger partial charge in [0.2, 0.25) is 5.91 Å². The Morgan fingerprint density at radius 2 is 1.84 bits per heavy atom. The predicted octanol–water partition coefficient (Wildman–Crippen LogP) is 3.56. The number of alkyl halides is 3. The molecule has 0 spiro atoms. The fourth-order valence-electron chi connectivity index (χ4n) is 1.27. The van der Waals surface area contributed by atoms with Crippen LogP contribution in [0.4, 0.5) is 18.9 Å². The number of benzene rings is 1. The summed E-state index contributed by atoms with van der Waals surface area (Å²) >= 11 is 0. The van der Waals surface area contributed by atoms with Crippen LogP contribution in [0.2, 0.25) is 0 Å². The van der Waals surface area contributed by atoms with Gasteiger partial charge in [-0.2, -0.15) is 18.4 Å². The van der Waals surface area contributed by atoms with Gasteiger partial charge in [-0.1, -0.05) is 20.8 Å². The van der Waals surface area contributed by atoms with Crippen LogP contribution in [0.1, 0.15) is 31.9 Å². The Labute approximate surface area is 109 Å². The second kappa shape index (κ2) is 4.92. The number of halogens is 3. The molecule has 0 heterocycles. The topological polar surface area (TPSA) is 52.9 Å². The first-order chi connectivity index (χ1) is 8.55. The first-order valence-corrected chi connectivity index (χ1v) is 5.48. The Kier molecular flexibility index (Phi) is 3.89. The molecule has 0 saturated heterocycles. The molecule has 0 unspecified atom stereocenters. The van der Waals surface area contributed by atoms with E-state index in [1.165, 1.54) is 12.1 Å². The van der Waals surface area contributed by atoms with Crippen LogP contribution in [0, 0.1) is 16.7 Å². The van der Waals surface area contributed by atoms with Gasteiger partial charge in [0.25, 0.3) is 0 Å². The molecule has 3 nitrogen and oxygen atoms in total. The predicted molar refractivity (Wildman–Crippen MR) is 64.2 cm³/mol. The van der Waals surface area contributed by atoms with E-state index < -0.39 is 28.6 Å². The number of nitrogens with zero attached hydrogens (tertiary/aromatic N) is 1. The number of carbonyl (C=O) groups is 1. The summed E-state index contributed by atoms with van der Waals surface area (Å²) in [5.74, 6) is -0.398. The maximum absolute atomic E-state index is 12.7. The number of carbonyl (C=O) groups excluding carboxylic acids is 1. The van der Waals surface area contributed by atoms with Crippen molar-refractivity contribution in [2.24, 2.45) is 5.41 Å². The zero-order valence-electron chi connectivity index (χ0n) is 10.7. The molecule has 0 saturated carbocycles. The van der Waals surface area contributed by atoms with Gasteiger partial charge < -0.3 is 5.32 Å². The molecule has 0 aliphatic carbocycles. The highest BCUT2D eigenvalue weighted by atomic mass is 19.4. The van der Waals surface area contributed by atoms with E-state index >= 15 is 0 Å². The molecule has 0 aromatic heterocycles. The normalized spacial score (nSPS) is 11.8. The van der Waals surface area contributed by atoms with Crippen LogP contribution in [0.15, 0.2) is 18.2 Å². The molecule has 19 heavy (non-hydrogen) atoms. The van der Waals surface area contributed by atoms with E-state index in [0.717, 1.165) is 12.1 Å². The SMILES string of the molecule is CC(C)(C)C(=O)Nc1ccc(C#N)c(C(F)(F)F)c1. The second-order valence-corrected chi connectivity index (χ2v) is 5.07. The van der Waals surface area contributed by atoms with Gasteiger partial charge in [-0.3, -0.25) is 4.79 Å². The summed E-state index contributed by atoms with van der Waals surface area (Å²) in [6.07, 6.45) is -4.63. The first-order valence-electron chi connectivity index (χ1n) is 5.48. The molecule has 1 N–H and O–H groups in total. The minimum atomic E-state index is -4.63. The van der Waals surface area contributed by atoms with Gasteiger partial charge in [-0.15, -0.1) is 0 Å². The maximum atomic E-state index is 12.7. The molecule has 102 valence electrons. The highest BCUT2D eigenvalue weighted by Gasteiger charge is 2.34. The molecule has 1 rings (SSSR count). The molecule has 1 aromatic carbocycles. The van der Waals surface area contributed by atoms with Gasteiger partial charge in [0, 0.05) is 11.1 Å². The van der Waals surface area contributed by atoms with Gasteiger partial charge in [0.05, 0.1) is 17.2 Å². The van der Waals surface area contributed by atoms with Gasteiger partial charge in [-0.05, 0) is 18.2 Å². The lowest BCUT2D eigenvalue weighted by atomic mass is 9.95. The average molecular weight is 270 g/mol. The smallest absolute Gasteiger partial charge is 0.326 e. The summed E-state index contributed by atoms with van der Waals surface area (Å²) in [5.41, 5.74) is -2.22. The standard InChI is InChI=1S/C13H13F3N2O/c1-12(2,3)11(19)18-9-5-4-8(7-17)10(6-9)13(14,15)16/h4-6H,1-3H3,(H,18,19). The Morgan fingerprint density at radius 3 is 2.26 bits per heavy atom. The number of rotatable bonds is 1. The van der Waals surface area contributed by atoms with Gasteiger partial charge in [0.1, 0.15) is 0 Å². The van der Waals surface area contributed by atoms with Crippen molar-refractivity contribution in [1.82, 2.24) is 0 Å². The number of hydrogen-bond acceptors (Lipinski definition) is 2. The van der Waals surface area contributed by atoms with E-state index in [1.54, 1.807) is 20.8 Å². The van der Waals surface area contributed by atoms with E-state index in [0.29, 0.717) is 0 Å². The van der Waals surface area contributed by atoms with Gasteiger partial charge >= 0.3 is 6.18 Å². The largest absolute Gasteiger partial charge is 0.417 e. The van der Waals surface area contributed by atoms with E-state index in [9.17, 15) is 18.0 Å². The van der Waals surface area contributed by atoms with E-state index in [4.69, 9.17) is 5.26 Å². The van der Waals surface area contributed by atoms with Crippen LogP contribution in [-0.4, -0.2) is 5.91 Å². The number of anilines is 1. The monoisotopic (exact) mass is 270 g/mol. The van der Waals surface area contributed by atoms with Crippen molar-refractivity contribution in [1.29, 1.82) is 5.26 Å². The summed E-state index contributed by atoms with van der Waals surface area (Å²) in [4.78, 5) is 11.7. The average Bonchev–Trinajstić information content (AvgIpc) is 2.26. The van der Waals surface area contributed by atoms with Crippen LogP contribution in [-0.2, 0) is 11.0 Å². The van der Waals surface area contributed by atoms with Gasteiger partial charge in [0.15, 0.2) is 0 Å². The number of nitrogens with one attached hydrogen (secondary N) is 1. The lowest BCUT2D eigenvalue weighted by Gasteiger charge is -2.18. The highest BCUT2D eigenvalue weighted by Crippen LogP contribution is 2.33. The Hall–Kier alpha value is -2.03. The van der Waals surface area contributed by atoms with Crippen molar-refractivity contribution < 1.29 is 18.0 Å². The van der Waals surface area contributed by atoms with Crippen molar-refractivity contribution in [2.75, 3.05) is 5.32 Å². The lowest BCUT2D eigenvalue weighted by Crippen LogP contribution is -2.27. The molecule has 0 fully saturated rings. The minimum absolute atomic E-state index is 0.0197. The molecule has 0 bridgehead atoms. The third kappa shape index (κ3) is 3.71. The van der Waals surface area contributed by atoms with Crippen molar-refractivity contribution in [3.8, 4) is 6.07 Å². The molecule has 1 amide bonds. The summed E-state index contributed by atoms with van der Waals surface area (Å²) in [6.45, 7) is 4.95. The van der Waals surface area contributed by atoms with Crippen molar-refractivity contribution in [2.45, 2.75) is 26.9 Å². The van der Waals surface area contributed by atoms with Gasteiger partial charge in [-0.25, -0.2) is 0 Å². The molecular formula is C13H13F3N2O. The molecule has 0 radical (unpaired) electrons. The minimum Gasteiger partial charge on any atom is -0.326 e. The molecule has 0 aliphatic rings. The van der Waals surface area contributed by atoms with Crippen LogP contribution < -0.4 is 5.32 Å². The number of amides is 1. The second-order valence-electron chi connectivity index (χ2n) is 5.07. The van der Waals surface area contributed by atoms with E-state index in [-0.39, 0.29) is 5.69 Å². The Bertz CT molecular complexity index is 536. The number of nitriles is 1. The van der Waals surface area contributed by atoms with E-state index in [2.05, 4.69) is 5.32 Å². The highest BCUT2D eigenvalue weighted by molar-refractivity contribution is 5.94. The maximum Gasteiger partial charge on any atom is 0.417 e. The zero-order chi connectivity index (χ0) is 14.8.